The van der Waals surface area contributed by atoms with Crippen molar-refractivity contribution in [3.8, 4) is 5.00 Å². The summed E-state index contributed by atoms with van der Waals surface area (Å²) in [6, 6.07) is 7.98. The summed E-state index contributed by atoms with van der Waals surface area (Å²) in [5.74, 6) is 2.12. The molecule has 1 amide bonds. The zero-order valence-corrected chi connectivity index (χ0v) is 21.0. The van der Waals surface area contributed by atoms with Gasteiger partial charge in [-0.1, -0.05) is 43.6 Å². The smallest absolute Gasteiger partial charge is 0.226 e. The van der Waals surface area contributed by atoms with Crippen LogP contribution in [0.5, 0.6) is 0 Å². The maximum atomic E-state index is 13.4. The molecule has 6 nitrogen and oxygen atoms in total. The number of aromatic nitrogens is 3. The molecule has 5 rings (SSSR count). The third kappa shape index (κ3) is 3.90. The fraction of sp³-hybridized carbons (Fsp3) is 0.480. The average molecular weight is 484 g/mol. The Hall–Kier alpha value is -2.22. The van der Waals surface area contributed by atoms with Gasteiger partial charge in [0.05, 0.1) is 12.6 Å². The van der Waals surface area contributed by atoms with Crippen LogP contribution in [0.15, 0.2) is 24.3 Å². The molecule has 0 unspecified atom stereocenters. The molecular weight excluding hydrogens is 454 g/mol. The largest absolute Gasteiger partial charge is 0.342 e. The number of rotatable bonds is 6. The van der Waals surface area contributed by atoms with Gasteiger partial charge in [0.2, 0.25) is 5.91 Å². The van der Waals surface area contributed by atoms with Crippen molar-refractivity contribution in [2.45, 2.75) is 59.0 Å². The minimum Gasteiger partial charge on any atom is -0.342 e. The van der Waals surface area contributed by atoms with Gasteiger partial charge in [-0.25, -0.2) is 0 Å². The van der Waals surface area contributed by atoms with Crippen LogP contribution < -0.4 is 5.32 Å². The number of nitrogens with zero attached hydrogens (tertiary/aromatic N) is 4. The third-order valence-electron chi connectivity index (χ3n) is 6.71. The highest BCUT2D eigenvalue weighted by Crippen LogP contribution is 2.47. The minimum atomic E-state index is -0.0500. The Balaban J connectivity index is 1.57. The maximum absolute atomic E-state index is 13.4. The van der Waals surface area contributed by atoms with Gasteiger partial charge in [-0.15, -0.1) is 21.5 Å². The van der Waals surface area contributed by atoms with Crippen molar-refractivity contribution in [2.24, 2.45) is 5.92 Å². The van der Waals surface area contributed by atoms with Gasteiger partial charge in [-0.2, -0.15) is 0 Å². The zero-order chi connectivity index (χ0) is 23.1. The number of amides is 1. The van der Waals surface area contributed by atoms with Gasteiger partial charge in [0.25, 0.3) is 0 Å². The van der Waals surface area contributed by atoms with Crippen LogP contribution in [0.25, 0.3) is 5.00 Å². The van der Waals surface area contributed by atoms with Crippen LogP contribution in [0.4, 0.5) is 0 Å². The van der Waals surface area contributed by atoms with Crippen molar-refractivity contribution in [3.05, 3.63) is 62.5 Å². The summed E-state index contributed by atoms with van der Waals surface area (Å²) in [5, 5.41) is 14.4. The molecule has 0 bridgehead atoms. The molecule has 0 saturated carbocycles. The van der Waals surface area contributed by atoms with Gasteiger partial charge in [-0.3, -0.25) is 14.7 Å². The molecule has 1 N–H and O–H groups in total. The molecule has 1 aromatic carbocycles. The Morgan fingerprint density at radius 2 is 1.97 bits per heavy atom. The number of hydrogen-bond acceptors (Lipinski definition) is 5. The lowest BCUT2D eigenvalue weighted by atomic mass is 9.94. The normalized spacial score (nSPS) is 19.0. The highest BCUT2D eigenvalue weighted by molar-refractivity contribution is 7.15. The van der Waals surface area contributed by atoms with E-state index in [1.165, 1.54) is 16.0 Å². The van der Waals surface area contributed by atoms with E-state index in [-0.39, 0.29) is 12.0 Å². The van der Waals surface area contributed by atoms with Crippen LogP contribution in [0, 0.1) is 12.8 Å². The van der Waals surface area contributed by atoms with Crippen molar-refractivity contribution in [3.63, 3.8) is 0 Å². The summed E-state index contributed by atoms with van der Waals surface area (Å²) in [6.07, 6.45) is 3.57. The molecule has 0 spiro atoms. The van der Waals surface area contributed by atoms with Crippen LogP contribution in [0.3, 0.4) is 0 Å². The molecule has 0 radical (unpaired) electrons. The van der Waals surface area contributed by atoms with E-state index in [1.54, 1.807) is 11.3 Å². The van der Waals surface area contributed by atoms with Gasteiger partial charge < -0.3 is 4.90 Å². The van der Waals surface area contributed by atoms with Crippen molar-refractivity contribution in [2.75, 3.05) is 13.1 Å². The second kappa shape index (κ2) is 9.20. The summed E-state index contributed by atoms with van der Waals surface area (Å²) < 4.78 is 2.18. The molecule has 1 aliphatic carbocycles. The fourth-order valence-corrected chi connectivity index (χ4v) is 7.03. The summed E-state index contributed by atoms with van der Waals surface area (Å²) in [6.45, 7) is 8.56. The van der Waals surface area contributed by atoms with Crippen LogP contribution in [0.2, 0.25) is 5.02 Å². The van der Waals surface area contributed by atoms with E-state index < -0.39 is 0 Å². The van der Waals surface area contributed by atoms with Gasteiger partial charge in [0.1, 0.15) is 10.8 Å². The van der Waals surface area contributed by atoms with E-state index in [2.05, 4.69) is 44.9 Å². The van der Waals surface area contributed by atoms with Crippen molar-refractivity contribution in [1.29, 1.82) is 0 Å². The van der Waals surface area contributed by atoms with E-state index in [0.717, 1.165) is 66.0 Å². The first-order chi connectivity index (χ1) is 16.0. The molecule has 3 heterocycles. The average Bonchev–Trinajstić information content (AvgIpc) is 3.44. The molecular formula is C25H30ClN5OS. The molecule has 2 aromatic heterocycles. The molecule has 2 aliphatic rings. The molecule has 1 aliphatic heterocycles. The molecule has 2 atom stereocenters. The number of aryl methyl sites for hydroxylation is 1. The SMILES string of the molecule is CCCN(CCC)C(=O)[C@@H]1Cc2sc3c(c2C1)[C@@H](c1ccccc1Cl)NCc1nnc(C)n1-3. The minimum absolute atomic E-state index is 0.0197. The topological polar surface area (TPSA) is 63.1 Å². The van der Waals surface area contributed by atoms with Crippen molar-refractivity contribution < 1.29 is 4.79 Å². The number of fused-ring (bicyclic) bond motifs is 5. The first-order valence-electron chi connectivity index (χ1n) is 11.9. The Morgan fingerprint density at radius 1 is 1.21 bits per heavy atom. The first kappa shape index (κ1) is 22.6. The van der Waals surface area contributed by atoms with Crippen molar-refractivity contribution in [1.82, 2.24) is 25.0 Å². The lowest BCUT2D eigenvalue weighted by Crippen LogP contribution is -2.37. The molecule has 33 heavy (non-hydrogen) atoms. The molecule has 174 valence electrons. The molecule has 8 heteroatoms. The van der Waals surface area contributed by atoms with Gasteiger partial charge in [0, 0.05) is 34.5 Å². The van der Waals surface area contributed by atoms with E-state index in [1.807, 2.05) is 25.1 Å². The van der Waals surface area contributed by atoms with Crippen LogP contribution in [-0.4, -0.2) is 38.7 Å². The summed E-state index contributed by atoms with van der Waals surface area (Å²) in [4.78, 5) is 16.8. The summed E-state index contributed by atoms with van der Waals surface area (Å²) in [5.41, 5.74) is 3.60. The molecule has 0 fully saturated rings. The van der Waals surface area contributed by atoms with E-state index in [4.69, 9.17) is 11.6 Å². The second-order valence-electron chi connectivity index (χ2n) is 8.99. The van der Waals surface area contributed by atoms with E-state index in [0.29, 0.717) is 12.5 Å². The predicted molar refractivity (Wildman–Crippen MR) is 132 cm³/mol. The maximum Gasteiger partial charge on any atom is 0.226 e. The third-order valence-corrected chi connectivity index (χ3v) is 8.31. The monoisotopic (exact) mass is 483 g/mol. The number of carbonyl (C=O) groups is 1. The Kier molecular flexibility index (Phi) is 6.29. The highest BCUT2D eigenvalue weighted by Gasteiger charge is 2.39. The van der Waals surface area contributed by atoms with E-state index >= 15 is 0 Å². The quantitative estimate of drug-likeness (QED) is 0.544. The zero-order valence-electron chi connectivity index (χ0n) is 19.4. The lowest BCUT2D eigenvalue weighted by Gasteiger charge is -2.25. The lowest BCUT2D eigenvalue weighted by molar-refractivity contribution is -0.135. The number of halogens is 1. The number of nitrogens with one attached hydrogen (secondary N) is 1. The standard InChI is InChI=1S/C25H30ClN5OS/c1-4-10-30(11-5-2)24(32)16-12-18-20(13-16)33-25-22(18)23(17-8-6-7-9-19(17)26)27-14-21-29-28-15(3)31(21)25/h6-9,16,23,27H,4-5,10-14H2,1-3H3/t16-,23+/m0/s1. The van der Waals surface area contributed by atoms with Crippen LogP contribution >= 0.6 is 22.9 Å². The van der Waals surface area contributed by atoms with Gasteiger partial charge in [-0.05, 0) is 49.8 Å². The van der Waals surface area contributed by atoms with Crippen molar-refractivity contribution >= 4 is 28.8 Å². The highest BCUT2D eigenvalue weighted by atomic mass is 35.5. The Morgan fingerprint density at radius 3 is 2.70 bits per heavy atom. The predicted octanol–water partition coefficient (Wildman–Crippen LogP) is 4.85. The fourth-order valence-electron chi connectivity index (χ4n) is 5.27. The second-order valence-corrected chi connectivity index (χ2v) is 10.5. The Bertz CT molecular complexity index is 1180. The van der Waals surface area contributed by atoms with Gasteiger partial charge in [0.15, 0.2) is 5.82 Å². The number of hydrogen-bond donors (Lipinski definition) is 1. The summed E-state index contributed by atoms with van der Waals surface area (Å²) >= 11 is 8.46. The van der Waals surface area contributed by atoms with Crippen LogP contribution in [-0.2, 0) is 24.2 Å². The van der Waals surface area contributed by atoms with Crippen LogP contribution in [0.1, 0.15) is 65.9 Å². The molecule has 0 saturated heterocycles. The first-order valence-corrected chi connectivity index (χ1v) is 13.0. The number of thiophene rings is 1. The summed E-state index contributed by atoms with van der Waals surface area (Å²) in [7, 11) is 0. The van der Waals surface area contributed by atoms with Gasteiger partial charge >= 0.3 is 0 Å². The van der Waals surface area contributed by atoms with E-state index in [9.17, 15) is 4.79 Å². The number of benzene rings is 1. The number of carbonyl (C=O) groups excluding carboxylic acids is 1. The molecule has 3 aromatic rings. The Labute approximate surface area is 204 Å².